The maximum atomic E-state index is 12.8. The molecule has 0 aromatic heterocycles. The van der Waals surface area contributed by atoms with Crippen LogP contribution in [0, 0.1) is 11.8 Å². The van der Waals surface area contributed by atoms with Gasteiger partial charge in [-0.2, -0.15) is 0 Å². The molecule has 34 heavy (non-hydrogen) atoms. The number of hydrogen-bond donors (Lipinski definition) is 2. The van der Waals surface area contributed by atoms with Gasteiger partial charge in [-0.15, -0.1) is 12.4 Å². The molecule has 5 nitrogen and oxygen atoms in total. The summed E-state index contributed by atoms with van der Waals surface area (Å²) in [6, 6.07) is 22.5. The van der Waals surface area contributed by atoms with Crippen molar-refractivity contribution in [2.45, 2.75) is 12.8 Å². The number of hydrogen-bond acceptors (Lipinski definition) is 3. The molecule has 3 fully saturated rings. The molecular weight excluding hydrogens is 469 g/mol. The van der Waals surface area contributed by atoms with Gasteiger partial charge in [-0.3, -0.25) is 9.59 Å². The van der Waals surface area contributed by atoms with Crippen molar-refractivity contribution >= 4 is 47.2 Å². The molecule has 0 unspecified atom stereocenters. The van der Waals surface area contributed by atoms with Gasteiger partial charge in [0.15, 0.2) is 0 Å². The lowest BCUT2D eigenvalue weighted by molar-refractivity contribution is -0.125. The second-order valence-electron chi connectivity index (χ2n) is 8.85. The van der Waals surface area contributed by atoms with Crippen LogP contribution in [0.1, 0.15) is 23.2 Å². The van der Waals surface area contributed by atoms with Gasteiger partial charge in [0, 0.05) is 28.5 Å². The van der Waals surface area contributed by atoms with E-state index in [1.807, 2.05) is 48.5 Å². The van der Waals surface area contributed by atoms with Gasteiger partial charge in [0.25, 0.3) is 5.91 Å². The Morgan fingerprint density at radius 1 is 0.824 bits per heavy atom. The van der Waals surface area contributed by atoms with Gasteiger partial charge in [0.1, 0.15) is 0 Å². The predicted octanol–water partition coefficient (Wildman–Crippen LogP) is 5.96. The molecule has 6 rings (SSSR count). The highest BCUT2D eigenvalue weighted by atomic mass is 35.5. The molecule has 3 aromatic carbocycles. The standard InChI is InChI=1S/C27H26ClN3O2.ClH/c28-22-3-1-2-21(16-22)26(32)29-23-8-4-18(5-9-23)19-6-10-24(11-7-19)30-27(33)25-17-31-14-12-20(25)13-15-31;/h1-11,16,20,25H,12-15,17H2,(H,29,32)(H,30,33);1H/t25-;/m0./s1. The summed E-state index contributed by atoms with van der Waals surface area (Å²) in [5, 5.41) is 6.52. The summed E-state index contributed by atoms with van der Waals surface area (Å²) in [4.78, 5) is 27.6. The Morgan fingerprint density at radius 3 is 1.94 bits per heavy atom. The van der Waals surface area contributed by atoms with E-state index in [-0.39, 0.29) is 30.1 Å². The summed E-state index contributed by atoms with van der Waals surface area (Å²) >= 11 is 5.97. The fourth-order valence-electron chi connectivity index (χ4n) is 4.82. The molecule has 3 heterocycles. The Bertz CT molecular complexity index is 1160. The zero-order valence-electron chi connectivity index (χ0n) is 18.7. The third kappa shape index (κ3) is 5.44. The predicted molar refractivity (Wildman–Crippen MR) is 140 cm³/mol. The average molecular weight is 496 g/mol. The molecule has 2 amide bonds. The summed E-state index contributed by atoms with van der Waals surface area (Å²) in [6.07, 6.45) is 2.26. The lowest BCUT2D eigenvalue weighted by atomic mass is 9.78. The van der Waals surface area contributed by atoms with Crippen molar-refractivity contribution in [2.24, 2.45) is 11.8 Å². The molecule has 1 atom stereocenters. The minimum Gasteiger partial charge on any atom is -0.326 e. The number of carbonyl (C=O) groups is 2. The molecule has 0 radical (unpaired) electrons. The van der Waals surface area contributed by atoms with Crippen LogP contribution in [0.25, 0.3) is 11.1 Å². The first-order chi connectivity index (χ1) is 16.0. The Balaban J connectivity index is 0.00000274. The summed E-state index contributed by atoms with van der Waals surface area (Å²) in [5.41, 5.74) is 4.13. The fourth-order valence-corrected chi connectivity index (χ4v) is 5.01. The Morgan fingerprint density at radius 2 is 1.41 bits per heavy atom. The van der Waals surface area contributed by atoms with Crippen LogP contribution in [-0.4, -0.2) is 36.3 Å². The molecule has 2 N–H and O–H groups in total. The van der Waals surface area contributed by atoms with Crippen molar-refractivity contribution in [3.05, 3.63) is 83.4 Å². The smallest absolute Gasteiger partial charge is 0.255 e. The van der Waals surface area contributed by atoms with Gasteiger partial charge in [0.2, 0.25) is 5.91 Å². The normalized spacial score (nSPS) is 20.8. The minimum atomic E-state index is -0.201. The summed E-state index contributed by atoms with van der Waals surface area (Å²) in [7, 11) is 0. The Labute approximate surface area is 210 Å². The number of amides is 2. The van der Waals surface area contributed by atoms with Gasteiger partial charge in [0.05, 0.1) is 5.92 Å². The van der Waals surface area contributed by atoms with Crippen molar-refractivity contribution in [1.82, 2.24) is 4.90 Å². The number of nitrogens with one attached hydrogen (secondary N) is 2. The third-order valence-corrected chi connectivity index (χ3v) is 6.94. The Kier molecular flexibility index (Phi) is 7.57. The molecule has 2 bridgehead atoms. The van der Waals surface area contributed by atoms with Crippen molar-refractivity contribution in [2.75, 3.05) is 30.3 Å². The Hall–Kier alpha value is -2.86. The monoisotopic (exact) mass is 495 g/mol. The highest BCUT2D eigenvalue weighted by Crippen LogP contribution is 2.33. The molecule has 0 aliphatic carbocycles. The number of carbonyl (C=O) groups excluding carboxylic acids is 2. The fraction of sp³-hybridized carbons (Fsp3) is 0.259. The number of piperidine rings is 3. The van der Waals surface area contributed by atoms with Gasteiger partial charge >= 0.3 is 0 Å². The van der Waals surface area contributed by atoms with Gasteiger partial charge in [-0.1, -0.05) is 41.9 Å². The van der Waals surface area contributed by atoms with Crippen LogP contribution in [0.5, 0.6) is 0 Å². The largest absolute Gasteiger partial charge is 0.326 e. The third-order valence-electron chi connectivity index (χ3n) is 6.71. The summed E-state index contributed by atoms with van der Waals surface area (Å²) < 4.78 is 0. The van der Waals surface area contributed by atoms with Gasteiger partial charge in [-0.25, -0.2) is 0 Å². The van der Waals surface area contributed by atoms with E-state index in [9.17, 15) is 9.59 Å². The molecule has 0 spiro atoms. The average Bonchev–Trinajstić information content (AvgIpc) is 2.86. The topological polar surface area (TPSA) is 61.4 Å². The van der Waals surface area contributed by atoms with E-state index in [4.69, 9.17) is 11.6 Å². The molecule has 3 aliphatic rings. The number of halogens is 2. The van der Waals surface area contributed by atoms with Crippen molar-refractivity contribution in [3.63, 3.8) is 0 Å². The minimum absolute atomic E-state index is 0. The second kappa shape index (κ2) is 10.6. The number of rotatable bonds is 5. The van der Waals surface area contributed by atoms with Crippen LogP contribution < -0.4 is 10.6 Å². The molecule has 3 aromatic rings. The molecule has 3 saturated heterocycles. The summed E-state index contributed by atoms with van der Waals surface area (Å²) in [5.74, 6) is 0.555. The van der Waals surface area contributed by atoms with E-state index in [1.54, 1.807) is 24.3 Å². The van der Waals surface area contributed by atoms with Crippen LogP contribution >= 0.6 is 24.0 Å². The molecule has 3 aliphatic heterocycles. The quantitative estimate of drug-likeness (QED) is 0.458. The first-order valence-electron chi connectivity index (χ1n) is 11.4. The number of anilines is 2. The molecule has 0 saturated carbocycles. The maximum Gasteiger partial charge on any atom is 0.255 e. The zero-order chi connectivity index (χ0) is 22.8. The highest BCUT2D eigenvalue weighted by Gasteiger charge is 2.38. The van der Waals surface area contributed by atoms with E-state index >= 15 is 0 Å². The van der Waals surface area contributed by atoms with Crippen LogP contribution in [0.2, 0.25) is 5.02 Å². The van der Waals surface area contributed by atoms with E-state index in [1.165, 1.54) is 0 Å². The SMILES string of the molecule is Cl.O=C(Nc1ccc(-c2ccc(NC(=O)[C@H]3CN4CCC3CC4)cc2)cc1)c1cccc(Cl)c1. The van der Waals surface area contributed by atoms with Gasteiger partial charge < -0.3 is 15.5 Å². The number of nitrogens with zero attached hydrogens (tertiary/aromatic N) is 1. The van der Waals surface area contributed by atoms with Gasteiger partial charge in [-0.05, 0) is 85.4 Å². The first kappa shape index (κ1) is 24.3. The lowest BCUT2D eigenvalue weighted by Gasteiger charge is -2.43. The number of benzene rings is 3. The number of fused-ring (bicyclic) bond motifs is 3. The molecule has 176 valence electrons. The summed E-state index contributed by atoms with van der Waals surface area (Å²) in [6.45, 7) is 3.15. The molecule has 7 heteroatoms. The van der Waals surface area contributed by atoms with Crippen molar-refractivity contribution in [3.8, 4) is 11.1 Å². The van der Waals surface area contributed by atoms with Crippen molar-refractivity contribution < 1.29 is 9.59 Å². The second-order valence-corrected chi connectivity index (χ2v) is 9.29. The maximum absolute atomic E-state index is 12.8. The van der Waals surface area contributed by atoms with E-state index in [0.717, 1.165) is 49.3 Å². The lowest BCUT2D eigenvalue weighted by Crippen LogP contribution is -2.51. The molecular formula is C27H27Cl2N3O2. The van der Waals surface area contributed by atoms with E-state index in [0.29, 0.717) is 22.2 Å². The van der Waals surface area contributed by atoms with Crippen LogP contribution in [0.4, 0.5) is 11.4 Å². The zero-order valence-corrected chi connectivity index (χ0v) is 20.2. The van der Waals surface area contributed by atoms with Crippen LogP contribution in [0.3, 0.4) is 0 Å². The van der Waals surface area contributed by atoms with Crippen LogP contribution in [-0.2, 0) is 4.79 Å². The highest BCUT2D eigenvalue weighted by molar-refractivity contribution is 6.31. The van der Waals surface area contributed by atoms with E-state index in [2.05, 4.69) is 15.5 Å². The van der Waals surface area contributed by atoms with E-state index < -0.39 is 0 Å². The van der Waals surface area contributed by atoms with Crippen molar-refractivity contribution in [1.29, 1.82) is 0 Å². The van der Waals surface area contributed by atoms with Crippen LogP contribution in [0.15, 0.2) is 72.8 Å². The first-order valence-corrected chi connectivity index (χ1v) is 11.7.